The Morgan fingerprint density at radius 1 is 1.48 bits per heavy atom. The number of carbonyl (C=O) groups is 1. The van der Waals surface area contributed by atoms with Gasteiger partial charge in [0.25, 0.3) is 0 Å². The molecule has 0 aliphatic carbocycles. The average Bonchev–Trinajstić information content (AvgIpc) is 2.39. The molecule has 0 bridgehead atoms. The van der Waals surface area contributed by atoms with Crippen molar-refractivity contribution in [2.75, 3.05) is 18.1 Å². The van der Waals surface area contributed by atoms with Crippen LogP contribution in [0.5, 0.6) is 0 Å². The molecular formula is C16H25ClN2OS. The van der Waals surface area contributed by atoms with Gasteiger partial charge >= 0.3 is 0 Å². The van der Waals surface area contributed by atoms with Crippen molar-refractivity contribution in [3.63, 3.8) is 0 Å². The molecule has 21 heavy (non-hydrogen) atoms. The minimum absolute atomic E-state index is 0. The molecule has 0 aromatic heterocycles. The van der Waals surface area contributed by atoms with Crippen molar-refractivity contribution in [2.45, 2.75) is 38.8 Å². The molecule has 1 amide bonds. The molecule has 118 valence electrons. The van der Waals surface area contributed by atoms with E-state index in [1.807, 2.05) is 17.8 Å². The van der Waals surface area contributed by atoms with Gasteiger partial charge in [0.2, 0.25) is 5.91 Å². The first-order valence-corrected chi connectivity index (χ1v) is 8.32. The predicted molar refractivity (Wildman–Crippen MR) is 93.3 cm³/mol. The van der Waals surface area contributed by atoms with Crippen molar-refractivity contribution in [1.29, 1.82) is 0 Å². The first-order chi connectivity index (χ1) is 9.47. The van der Waals surface area contributed by atoms with Crippen LogP contribution in [-0.4, -0.2) is 30.0 Å². The van der Waals surface area contributed by atoms with Crippen molar-refractivity contribution >= 4 is 30.1 Å². The maximum Gasteiger partial charge on any atom is 0.222 e. The lowest BCUT2D eigenvalue weighted by atomic mass is 9.92. The summed E-state index contributed by atoms with van der Waals surface area (Å²) in [5.41, 5.74) is 2.04. The number of benzene rings is 1. The summed E-state index contributed by atoms with van der Waals surface area (Å²) in [5.74, 6) is 2.29. The number of carbonyl (C=O) groups excluding carboxylic acids is 1. The van der Waals surface area contributed by atoms with Crippen molar-refractivity contribution in [3.8, 4) is 0 Å². The number of thioether (sulfide) groups is 1. The van der Waals surface area contributed by atoms with Crippen LogP contribution in [0, 0.1) is 6.92 Å². The van der Waals surface area contributed by atoms with Crippen LogP contribution < -0.4 is 10.6 Å². The molecule has 0 saturated carbocycles. The second-order valence-electron chi connectivity index (χ2n) is 5.97. The van der Waals surface area contributed by atoms with E-state index >= 15 is 0 Å². The van der Waals surface area contributed by atoms with Gasteiger partial charge in [0, 0.05) is 30.5 Å². The quantitative estimate of drug-likeness (QED) is 0.893. The lowest BCUT2D eigenvalue weighted by molar-refractivity contribution is -0.123. The van der Waals surface area contributed by atoms with Gasteiger partial charge in [-0.25, -0.2) is 0 Å². The summed E-state index contributed by atoms with van der Waals surface area (Å²) < 4.78 is 0. The summed E-state index contributed by atoms with van der Waals surface area (Å²) in [4.78, 5) is 12.2. The number of aryl methyl sites for hydroxylation is 1. The molecule has 5 heteroatoms. The van der Waals surface area contributed by atoms with Crippen LogP contribution in [0.1, 0.15) is 31.4 Å². The molecule has 1 saturated heterocycles. The Bertz CT molecular complexity index is 473. The van der Waals surface area contributed by atoms with Gasteiger partial charge in [0.15, 0.2) is 0 Å². The number of nitrogens with one attached hydrogen (secondary N) is 2. The zero-order chi connectivity index (χ0) is 14.6. The molecule has 1 aromatic rings. The lowest BCUT2D eigenvalue weighted by Gasteiger charge is -2.29. The lowest BCUT2D eigenvalue weighted by Crippen LogP contribution is -2.46. The molecule has 1 heterocycles. The van der Waals surface area contributed by atoms with E-state index in [4.69, 9.17) is 0 Å². The van der Waals surface area contributed by atoms with Crippen molar-refractivity contribution < 1.29 is 4.79 Å². The zero-order valence-corrected chi connectivity index (χ0v) is 14.6. The van der Waals surface area contributed by atoms with Crippen LogP contribution in [-0.2, 0) is 10.3 Å². The molecule has 2 rings (SSSR count). The Labute approximate surface area is 138 Å². The molecule has 1 aliphatic heterocycles. The summed E-state index contributed by atoms with van der Waals surface area (Å²) in [6.07, 6.45) is 0.558. The molecule has 0 spiro atoms. The largest absolute Gasteiger partial charge is 0.347 e. The highest BCUT2D eigenvalue weighted by Crippen LogP contribution is 2.21. The van der Waals surface area contributed by atoms with E-state index in [1.165, 1.54) is 5.56 Å². The van der Waals surface area contributed by atoms with Gasteiger partial charge in [-0.2, -0.15) is 11.8 Å². The van der Waals surface area contributed by atoms with Crippen molar-refractivity contribution in [2.24, 2.45) is 0 Å². The number of hydrogen-bond acceptors (Lipinski definition) is 3. The molecule has 1 fully saturated rings. The Morgan fingerprint density at radius 2 is 2.24 bits per heavy atom. The highest BCUT2D eigenvalue weighted by Gasteiger charge is 2.25. The van der Waals surface area contributed by atoms with Gasteiger partial charge in [0.1, 0.15) is 0 Å². The number of halogens is 1. The Morgan fingerprint density at radius 3 is 2.86 bits per heavy atom. The van der Waals surface area contributed by atoms with E-state index in [2.05, 4.69) is 49.6 Å². The maximum atomic E-state index is 12.2. The fourth-order valence-electron chi connectivity index (χ4n) is 2.48. The topological polar surface area (TPSA) is 41.1 Å². The molecule has 0 radical (unpaired) electrons. The molecule has 1 aromatic carbocycles. The van der Waals surface area contributed by atoms with Gasteiger partial charge in [-0.15, -0.1) is 12.4 Å². The Kier molecular flexibility index (Phi) is 7.04. The van der Waals surface area contributed by atoms with Crippen molar-refractivity contribution in [1.82, 2.24) is 10.6 Å². The summed E-state index contributed by atoms with van der Waals surface area (Å²) in [7, 11) is 0. The van der Waals surface area contributed by atoms with Crippen LogP contribution in [0.2, 0.25) is 0 Å². The summed E-state index contributed by atoms with van der Waals surface area (Å²) in [5, 5.41) is 6.56. The number of rotatable bonds is 4. The smallest absolute Gasteiger partial charge is 0.222 e. The average molecular weight is 329 g/mol. The van der Waals surface area contributed by atoms with Gasteiger partial charge in [-0.05, 0) is 26.3 Å². The molecule has 1 aliphatic rings. The minimum atomic E-state index is -0.328. The number of amides is 1. The summed E-state index contributed by atoms with van der Waals surface area (Å²) in [6.45, 7) is 7.19. The van der Waals surface area contributed by atoms with E-state index in [1.54, 1.807) is 0 Å². The van der Waals surface area contributed by atoms with Crippen LogP contribution in [0.15, 0.2) is 24.3 Å². The second kappa shape index (κ2) is 8.06. The fourth-order valence-corrected chi connectivity index (χ4v) is 3.43. The molecule has 2 N–H and O–H groups in total. The first-order valence-electron chi connectivity index (χ1n) is 7.17. The van der Waals surface area contributed by atoms with E-state index in [9.17, 15) is 4.79 Å². The van der Waals surface area contributed by atoms with E-state index in [0.717, 1.165) is 23.6 Å². The molecular weight excluding hydrogens is 304 g/mol. The highest BCUT2D eigenvalue weighted by molar-refractivity contribution is 7.99. The Hall–Kier alpha value is -0.710. The number of hydrogen-bond donors (Lipinski definition) is 2. The minimum Gasteiger partial charge on any atom is -0.347 e. The van der Waals surface area contributed by atoms with Crippen molar-refractivity contribution in [3.05, 3.63) is 35.4 Å². The van der Waals surface area contributed by atoms with Crippen LogP contribution in [0.25, 0.3) is 0 Å². The van der Waals surface area contributed by atoms with Gasteiger partial charge in [0.05, 0.1) is 5.54 Å². The van der Waals surface area contributed by atoms with E-state index < -0.39 is 0 Å². The summed E-state index contributed by atoms with van der Waals surface area (Å²) in [6, 6.07) is 8.63. The monoisotopic (exact) mass is 328 g/mol. The first kappa shape index (κ1) is 18.3. The molecule has 3 nitrogen and oxygen atoms in total. The van der Waals surface area contributed by atoms with Gasteiger partial charge in [-0.3, -0.25) is 4.79 Å². The van der Waals surface area contributed by atoms with Gasteiger partial charge in [-0.1, -0.05) is 29.8 Å². The third-order valence-corrected chi connectivity index (χ3v) is 4.75. The second-order valence-corrected chi connectivity index (χ2v) is 7.12. The van der Waals surface area contributed by atoms with Crippen LogP contribution >= 0.6 is 24.2 Å². The Balaban J connectivity index is 0.00000220. The molecule has 1 atom stereocenters. The maximum absolute atomic E-state index is 12.2. The third-order valence-electron chi connectivity index (χ3n) is 3.62. The zero-order valence-electron chi connectivity index (χ0n) is 12.9. The third kappa shape index (κ3) is 5.53. The predicted octanol–water partition coefficient (Wildman–Crippen LogP) is 2.86. The van der Waals surface area contributed by atoms with Crippen LogP contribution in [0.3, 0.4) is 0 Å². The van der Waals surface area contributed by atoms with E-state index in [-0.39, 0.29) is 23.9 Å². The van der Waals surface area contributed by atoms with Gasteiger partial charge < -0.3 is 10.6 Å². The highest BCUT2D eigenvalue weighted by atomic mass is 35.5. The normalized spacial score (nSPS) is 18.7. The summed E-state index contributed by atoms with van der Waals surface area (Å²) >= 11 is 1.92. The fraction of sp³-hybridized carbons (Fsp3) is 0.562. The molecule has 1 unspecified atom stereocenters. The van der Waals surface area contributed by atoms with Crippen LogP contribution in [0.4, 0.5) is 0 Å². The van der Waals surface area contributed by atoms with E-state index in [0.29, 0.717) is 12.5 Å². The SMILES string of the molecule is Cc1cccc(C(C)(C)NC(=O)CC2CSCCN2)c1.Cl. The standard InChI is InChI=1S/C16H24N2OS.ClH/c1-12-5-4-6-13(9-12)16(2,3)18-15(19)10-14-11-20-8-7-17-14;/h4-6,9,14,17H,7-8,10-11H2,1-3H3,(H,18,19);1H.